The summed E-state index contributed by atoms with van der Waals surface area (Å²) in [7, 11) is 4.91. The van der Waals surface area contributed by atoms with Crippen molar-refractivity contribution >= 4 is 51.9 Å². The van der Waals surface area contributed by atoms with Gasteiger partial charge < -0.3 is 15.0 Å². The number of thiophene rings is 1. The average molecular weight is 530 g/mol. The number of hydrogen-bond acceptors (Lipinski definition) is 6. The summed E-state index contributed by atoms with van der Waals surface area (Å²) in [6.45, 7) is -0.0173. The Kier molecular flexibility index (Phi) is 7.61. The fourth-order valence-corrected chi connectivity index (χ4v) is 5.17. The van der Waals surface area contributed by atoms with Crippen molar-refractivity contribution in [3.63, 3.8) is 0 Å². The molecule has 7 nitrogen and oxygen atoms in total. The molecule has 2 aromatic carbocycles. The number of likely N-dealkylation sites (N-methyl/N-ethyl adjacent to an activating group) is 1. The molecule has 2 heterocycles. The molecule has 4 rings (SSSR count). The van der Waals surface area contributed by atoms with Crippen LogP contribution in [0.4, 0.5) is 15.8 Å². The van der Waals surface area contributed by atoms with Gasteiger partial charge >= 0.3 is 0 Å². The lowest BCUT2D eigenvalue weighted by atomic mass is 9.95. The second-order valence-corrected chi connectivity index (χ2v) is 10.3. The summed E-state index contributed by atoms with van der Waals surface area (Å²) >= 11 is 7.34. The number of amides is 2. The number of halogens is 2. The van der Waals surface area contributed by atoms with Crippen LogP contribution < -0.4 is 15.0 Å². The van der Waals surface area contributed by atoms with Crippen molar-refractivity contribution in [3.8, 4) is 5.75 Å². The number of nitrogens with zero attached hydrogens (tertiary/aromatic N) is 2. The third-order valence-corrected chi connectivity index (χ3v) is 7.27. The minimum atomic E-state index is -0.587. The molecule has 0 spiro atoms. The van der Waals surface area contributed by atoms with E-state index in [-0.39, 0.29) is 48.4 Å². The van der Waals surface area contributed by atoms with Gasteiger partial charge in [0.2, 0.25) is 5.91 Å². The lowest BCUT2D eigenvalue weighted by Crippen LogP contribution is -2.38. The number of Topliss-reactive ketones (excluding diaryl/α,β-unsaturated/α-hetero) is 1. The molecule has 0 fully saturated rings. The van der Waals surface area contributed by atoms with Crippen LogP contribution in [-0.2, 0) is 16.0 Å². The Bertz CT molecular complexity index is 1310. The van der Waals surface area contributed by atoms with Crippen LogP contribution in [-0.4, -0.2) is 50.4 Å². The van der Waals surface area contributed by atoms with E-state index in [1.165, 1.54) is 27.2 Å². The second kappa shape index (κ2) is 10.7. The van der Waals surface area contributed by atoms with Crippen LogP contribution >= 0.6 is 22.9 Å². The molecule has 3 aromatic rings. The van der Waals surface area contributed by atoms with Gasteiger partial charge in [0.05, 0.1) is 21.5 Å². The van der Waals surface area contributed by atoms with Gasteiger partial charge in [0.1, 0.15) is 17.3 Å². The Morgan fingerprint density at radius 2 is 1.92 bits per heavy atom. The van der Waals surface area contributed by atoms with Gasteiger partial charge in [-0.05, 0) is 35.9 Å². The molecule has 1 aromatic heterocycles. The summed E-state index contributed by atoms with van der Waals surface area (Å²) in [5.41, 5.74) is 1.70. The molecule has 0 saturated heterocycles. The number of ketones is 1. The lowest BCUT2D eigenvalue weighted by Gasteiger charge is -2.29. The van der Waals surface area contributed by atoms with Gasteiger partial charge in [0, 0.05) is 50.6 Å². The molecule has 1 aliphatic rings. The number of nitrogens with one attached hydrogen (secondary N) is 1. The standard InChI is InChI=1S/C26H25ClFN3O4S/c1-29-21-13-22-18(12-20(21)28)26(34)31(14-35-22)16-6-4-15(5-7-16)10-17(32)11-19(25(33)30(2)3)23-8-9-24(27)36-23/h4-9,12-13,19,29H,10-11,14H2,1-3H3. The number of hydrogen-bond donors (Lipinski definition) is 1. The summed E-state index contributed by atoms with van der Waals surface area (Å²) < 4.78 is 20.4. The van der Waals surface area contributed by atoms with Crippen molar-refractivity contribution in [2.45, 2.75) is 18.8 Å². The highest BCUT2D eigenvalue weighted by Crippen LogP contribution is 2.34. The maximum absolute atomic E-state index is 14.2. The molecule has 0 bridgehead atoms. The maximum atomic E-state index is 14.2. The maximum Gasteiger partial charge on any atom is 0.264 e. The van der Waals surface area contributed by atoms with E-state index in [0.29, 0.717) is 15.8 Å². The molecule has 10 heteroatoms. The first kappa shape index (κ1) is 25.7. The number of carbonyl (C=O) groups is 3. The highest BCUT2D eigenvalue weighted by molar-refractivity contribution is 7.16. The minimum absolute atomic E-state index is 0.0173. The van der Waals surface area contributed by atoms with Gasteiger partial charge in [0.15, 0.2) is 6.73 Å². The molecular weight excluding hydrogens is 505 g/mol. The Morgan fingerprint density at radius 3 is 2.53 bits per heavy atom. The number of rotatable bonds is 8. The summed E-state index contributed by atoms with van der Waals surface area (Å²) in [5, 5.41) is 2.72. The van der Waals surface area contributed by atoms with E-state index in [4.69, 9.17) is 16.3 Å². The van der Waals surface area contributed by atoms with Crippen LogP contribution in [0.15, 0.2) is 48.5 Å². The highest BCUT2D eigenvalue weighted by Gasteiger charge is 2.29. The minimum Gasteiger partial charge on any atom is -0.472 e. The Balaban J connectivity index is 1.45. The quantitative estimate of drug-likeness (QED) is 0.446. The summed E-state index contributed by atoms with van der Waals surface area (Å²) in [6.07, 6.45) is 0.201. The topological polar surface area (TPSA) is 79.0 Å². The lowest BCUT2D eigenvalue weighted by molar-refractivity contribution is -0.132. The molecule has 0 radical (unpaired) electrons. The van der Waals surface area contributed by atoms with Crippen LogP contribution in [0.2, 0.25) is 4.34 Å². The number of benzene rings is 2. The number of fused-ring (bicyclic) bond motifs is 1. The fourth-order valence-electron chi connectivity index (χ4n) is 4.02. The zero-order valence-corrected chi connectivity index (χ0v) is 21.6. The highest BCUT2D eigenvalue weighted by atomic mass is 35.5. The monoisotopic (exact) mass is 529 g/mol. The van der Waals surface area contributed by atoms with Crippen molar-refractivity contribution in [1.29, 1.82) is 0 Å². The number of carbonyl (C=O) groups excluding carboxylic acids is 3. The Labute approximate surface area is 217 Å². The van der Waals surface area contributed by atoms with Crippen LogP contribution in [0.25, 0.3) is 0 Å². The molecular formula is C26H25ClFN3O4S. The predicted molar refractivity (Wildman–Crippen MR) is 139 cm³/mol. The van der Waals surface area contributed by atoms with Crippen LogP contribution in [0.5, 0.6) is 5.75 Å². The van der Waals surface area contributed by atoms with Gasteiger partial charge in [-0.3, -0.25) is 19.3 Å². The van der Waals surface area contributed by atoms with E-state index in [1.54, 1.807) is 57.5 Å². The van der Waals surface area contributed by atoms with Crippen molar-refractivity contribution in [1.82, 2.24) is 4.90 Å². The smallest absolute Gasteiger partial charge is 0.264 e. The van der Waals surface area contributed by atoms with E-state index < -0.39 is 11.7 Å². The molecule has 1 atom stereocenters. The summed E-state index contributed by atoms with van der Waals surface area (Å²) in [6, 6.07) is 13.1. The van der Waals surface area contributed by atoms with Gasteiger partial charge in [-0.2, -0.15) is 0 Å². The zero-order chi connectivity index (χ0) is 26.0. The van der Waals surface area contributed by atoms with Crippen LogP contribution in [0.1, 0.15) is 33.1 Å². The van der Waals surface area contributed by atoms with Crippen molar-refractivity contribution < 1.29 is 23.5 Å². The first-order valence-electron chi connectivity index (χ1n) is 11.2. The van der Waals surface area contributed by atoms with E-state index >= 15 is 0 Å². The summed E-state index contributed by atoms with van der Waals surface area (Å²) in [5.74, 6) is -1.43. The molecule has 36 heavy (non-hydrogen) atoms. The molecule has 0 aliphatic carbocycles. The number of ether oxygens (including phenoxy) is 1. The first-order valence-corrected chi connectivity index (χ1v) is 12.4. The van der Waals surface area contributed by atoms with E-state index in [0.717, 1.165) is 16.5 Å². The van der Waals surface area contributed by atoms with Gasteiger partial charge in [-0.15, -0.1) is 11.3 Å². The van der Waals surface area contributed by atoms with Crippen LogP contribution in [0, 0.1) is 5.82 Å². The summed E-state index contributed by atoms with van der Waals surface area (Å²) in [4.78, 5) is 42.2. The molecule has 1 N–H and O–H groups in total. The van der Waals surface area contributed by atoms with Crippen molar-refractivity contribution in [2.75, 3.05) is 38.1 Å². The van der Waals surface area contributed by atoms with Gasteiger partial charge in [-0.25, -0.2) is 4.39 Å². The predicted octanol–water partition coefficient (Wildman–Crippen LogP) is 4.95. The van der Waals surface area contributed by atoms with Crippen LogP contribution in [0.3, 0.4) is 0 Å². The molecule has 1 unspecified atom stereocenters. The zero-order valence-electron chi connectivity index (χ0n) is 20.0. The average Bonchev–Trinajstić information content (AvgIpc) is 3.29. The third-order valence-electron chi connectivity index (χ3n) is 5.92. The molecule has 2 amide bonds. The number of anilines is 2. The molecule has 0 saturated carbocycles. The van der Waals surface area contributed by atoms with Gasteiger partial charge in [-0.1, -0.05) is 23.7 Å². The fraction of sp³-hybridized carbons (Fsp3) is 0.269. The molecule has 188 valence electrons. The van der Waals surface area contributed by atoms with E-state index in [1.807, 2.05) is 0 Å². The second-order valence-electron chi connectivity index (χ2n) is 8.60. The van der Waals surface area contributed by atoms with Crippen molar-refractivity contribution in [2.24, 2.45) is 0 Å². The first-order chi connectivity index (χ1) is 17.2. The molecule has 1 aliphatic heterocycles. The normalized spacial score (nSPS) is 13.6. The van der Waals surface area contributed by atoms with E-state index in [2.05, 4.69) is 5.32 Å². The van der Waals surface area contributed by atoms with Crippen molar-refractivity contribution in [3.05, 3.63) is 74.7 Å². The Morgan fingerprint density at radius 1 is 1.19 bits per heavy atom. The largest absolute Gasteiger partial charge is 0.472 e. The third kappa shape index (κ3) is 5.37. The Hall–Kier alpha value is -3.43. The van der Waals surface area contributed by atoms with Gasteiger partial charge in [0.25, 0.3) is 5.91 Å². The SMILES string of the molecule is CNc1cc2c(cc1F)C(=O)N(c1ccc(CC(=O)CC(C(=O)N(C)C)c3ccc(Cl)s3)cc1)CO2. The van der Waals surface area contributed by atoms with E-state index in [9.17, 15) is 18.8 Å².